The number of methoxy groups -OCH3 is 1. The van der Waals surface area contributed by atoms with Crippen molar-refractivity contribution in [3.63, 3.8) is 0 Å². The van der Waals surface area contributed by atoms with E-state index in [9.17, 15) is 0 Å². The van der Waals surface area contributed by atoms with E-state index >= 15 is 0 Å². The number of pyridine rings is 1. The Hall–Kier alpha value is -0.970. The Kier molecular flexibility index (Phi) is 5.36. The van der Waals surface area contributed by atoms with Crippen molar-refractivity contribution in [2.45, 2.75) is 37.9 Å². The third kappa shape index (κ3) is 3.21. The van der Waals surface area contributed by atoms with Crippen LogP contribution in [0.15, 0.2) is 6.07 Å². The molecule has 0 aliphatic carbocycles. The summed E-state index contributed by atoms with van der Waals surface area (Å²) in [6, 6.07) is 3.39. The lowest BCUT2D eigenvalue weighted by molar-refractivity contribution is 0.0902. The Morgan fingerprint density at radius 3 is 2.85 bits per heavy atom. The smallest absolute Gasteiger partial charge is 0.184 e. The second kappa shape index (κ2) is 7.57. The maximum absolute atomic E-state index is 5.75. The van der Waals surface area contributed by atoms with Crippen LogP contribution < -0.4 is 4.90 Å². The first-order valence-electron chi connectivity index (χ1n) is 9.20. The predicted molar refractivity (Wildman–Crippen MR) is 110 cm³/mol. The van der Waals surface area contributed by atoms with Gasteiger partial charge in [0.2, 0.25) is 0 Å². The van der Waals surface area contributed by atoms with Crippen molar-refractivity contribution in [1.29, 1.82) is 0 Å². The van der Waals surface area contributed by atoms with Crippen LogP contribution in [0.5, 0.6) is 0 Å². The zero-order valence-corrected chi connectivity index (χ0v) is 17.7. The first kappa shape index (κ1) is 18.4. The van der Waals surface area contributed by atoms with E-state index in [1.807, 2.05) is 0 Å². The number of aromatic amines is 1. The molecule has 8 heteroatoms. The Labute approximate surface area is 167 Å². The standard InChI is InChI=1S/C18H26IN5O2/c1-11(23(2)6-7-25-3)14-8-15(20-18-16(14)17(19)21-22-18)24-12-4-5-13(24)10-26-9-12/h8,11-13H,4-7,9-10H2,1-3H3,(H,20,21,22). The molecule has 4 heterocycles. The summed E-state index contributed by atoms with van der Waals surface area (Å²) in [7, 11) is 3.88. The van der Waals surface area contributed by atoms with Crippen LogP contribution in [0.2, 0.25) is 0 Å². The highest BCUT2D eigenvalue weighted by molar-refractivity contribution is 14.1. The molecule has 1 N–H and O–H groups in total. The van der Waals surface area contributed by atoms with Gasteiger partial charge in [-0.1, -0.05) is 0 Å². The lowest BCUT2D eigenvalue weighted by Crippen LogP contribution is -2.46. The van der Waals surface area contributed by atoms with Gasteiger partial charge in [-0.25, -0.2) is 4.98 Å². The third-order valence-corrected chi connectivity index (χ3v) is 6.54. The van der Waals surface area contributed by atoms with Gasteiger partial charge in [0.25, 0.3) is 0 Å². The number of rotatable bonds is 6. The van der Waals surface area contributed by atoms with Gasteiger partial charge in [-0.15, -0.1) is 0 Å². The Morgan fingerprint density at radius 2 is 2.15 bits per heavy atom. The molecule has 142 valence electrons. The van der Waals surface area contributed by atoms with E-state index in [2.05, 4.69) is 62.6 Å². The van der Waals surface area contributed by atoms with Gasteiger partial charge < -0.3 is 14.4 Å². The quantitative estimate of drug-likeness (QED) is 0.654. The summed E-state index contributed by atoms with van der Waals surface area (Å²) in [5, 5.41) is 8.71. The molecule has 2 aromatic rings. The van der Waals surface area contributed by atoms with Crippen molar-refractivity contribution in [2.24, 2.45) is 0 Å². The van der Waals surface area contributed by atoms with Crippen molar-refractivity contribution < 1.29 is 9.47 Å². The van der Waals surface area contributed by atoms with Gasteiger partial charge in [-0.05, 0) is 61.0 Å². The van der Waals surface area contributed by atoms with Crippen molar-refractivity contribution in [3.05, 3.63) is 15.3 Å². The summed E-state index contributed by atoms with van der Waals surface area (Å²) < 4.78 is 12.0. The fourth-order valence-electron chi connectivity index (χ4n) is 4.13. The minimum absolute atomic E-state index is 0.249. The fourth-order valence-corrected chi connectivity index (χ4v) is 4.80. The van der Waals surface area contributed by atoms with Gasteiger partial charge in [0, 0.05) is 19.7 Å². The molecule has 4 rings (SSSR count). The maximum Gasteiger partial charge on any atom is 0.184 e. The van der Waals surface area contributed by atoms with E-state index in [0.29, 0.717) is 12.1 Å². The summed E-state index contributed by atoms with van der Waals surface area (Å²) >= 11 is 2.32. The molecule has 2 aromatic heterocycles. The molecule has 2 aliphatic heterocycles. The lowest BCUT2D eigenvalue weighted by atomic mass is 10.0. The van der Waals surface area contributed by atoms with Crippen LogP contribution in [0, 0.1) is 3.70 Å². The number of nitrogens with zero attached hydrogens (tertiary/aromatic N) is 4. The van der Waals surface area contributed by atoms with Crippen LogP contribution >= 0.6 is 22.6 Å². The van der Waals surface area contributed by atoms with Crippen LogP contribution in [0.1, 0.15) is 31.4 Å². The highest BCUT2D eigenvalue weighted by Crippen LogP contribution is 2.37. The van der Waals surface area contributed by atoms with E-state index in [-0.39, 0.29) is 6.04 Å². The molecule has 0 spiro atoms. The second-order valence-electron chi connectivity index (χ2n) is 7.28. The number of hydrogen-bond donors (Lipinski definition) is 1. The molecule has 7 nitrogen and oxygen atoms in total. The topological polar surface area (TPSA) is 66.5 Å². The van der Waals surface area contributed by atoms with E-state index in [4.69, 9.17) is 14.5 Å². The van der Waals surface area contributed by atoms with Gasteiger partial charge >= 0.3 is 0 Å². The highest BCUT2D eigenvalue weighted by atomic mass is 127. The number of fused-ring (bicyclic) bond motifs is 3. The maximum atomic E-state index is 5.75. The van der Waals surface area contributed by atoms with E-state index in [1.165, 1.54) is 18.4 Å². The molecule has 26 heavy (non-hydrogen) atoms. The van der Waals surface area contributed by atoms with Crippen LogP contribution in [-0.2, 0) is 9.47 Å². The van der Waals surface area contributed by atoms with Crippen molar-refractivity contribution in [3.8, 4) is 0 Å². The molecule has 3 unspecified atom stereocenters. The Balaban J connectivity index is 1.74. The van der Waals surface area contributed by atoms with Gasteiger partial charge in [0.05, 0.1) is 37.3 Å². The Bertz CT molecular complexity index is 766. The first-order valence-corrected chi connectivity index (χ1v) is 10.3. The van der Waals surface area contributed by atoms with Crippen molar-refractivity contribution >= 4 is 39.4 Å². The summed E-state index contributed by atoms with van der Waals surface area (Å²) in [5.74, 6) is 1.04. The zero-order valence-electron chi connectivity index (χ0n) is 15.5. The van der Waals surface area contributed by atoms with E-state index in [1.54, 1.807) is 7.11 Å². The number of halogens is 1. The average molecular weight is 471 g/mol. The van der Waals surface area contributed by atoms with E-state index in [0.717, 1.165) is 46.9 Å². The molecule has 0 amide bonds. The van der Waals surface area contributed by atoms with Crippen molar-refractivity contribution in [1.82, 2.24) is 20.1 Å². The lowest BCUT2D eigenvalue weighted by Gasteiger charge is -2.36. The third-order valence-electron chi connectivity index (χ3n) is 5.76. The van der Waals surface area contributed by atoms with E-state index < -0.39 is 0 Å². The number of H-pyrrole nitrogens is 1. The van der Waals surface area contributed by atoms with Crippen LogP contribution in [0.25, 0.3) is 11.0 Å². The number of anilines is 1. The van der Waals surface area contributed by atoms with Gasteiger partial charge in [0.15, 0.2) is 5.65 Å². The SMILES string of the molecule is COCCN(C)C(C)c1cc(N2C3CCC2COC3)nc2n[nH]c(I)c12. The van der Waals surface area contributed by atoms with Gasteiger partial charge in [-0.2, -0.15) is 5.10 Å². The first-order chi connectivity index (χ1) is 12.6. The number of morpholine rings is 1. The molecule has 2 fully saturated rings. The number of likely N-dealkylation sites (N-methyl/N-ethyl adjacent to an activating group) is 1. The predicted octanol–water partition coefficient (Wildman–Crippen LogP) is 2.57. The molecular formula is C18H26IN5O2. The summed E-state index contributed by atoms with van der Waals surface area (Å²) in [5.41, 5.74) is 2.08. The molecule has 2 bridgehead atoms. The summed E-state index contributed by atoms with van der Waals surface area (Å²) in [6.07, 6.45) is 2.36. The van der Waals surface area contributed by atoms with Crippen molar-refractivity contribution in [2.75, 3.05) is 45.4 Å². The van der Waals surface area contributed by atoms with Gasteiger partial charge in [-0.3, -0.25) is 10.00 Å². The molecule has 0 saturated carbocycles. The minimum atomic E-state index is 0.249. The normalized spacial score (nSPS) is 24.0. The number of hydrogen-bond acceptors (Lipinski definition) is 6. The second-order valence-corrected chi connectivity index (χ2v) is 8.36. The number of ether oxygens (including phenoxy) is 2. The monoisotopic (exact) mass is 471 g/mol. The number of nitrogens with one attached hydrogen (secondary N) is 1. The summed E-state index contributed by atoms with van der Waals surface area (Å²) in [6.45, 7) is 5.44. The fraction of sp³-hybridized carbons (Fsp3) is 0.667. The molecular weight excluding hydrogens is 445 g/mol. The largest absolute Gasteiger partial charge is 0.383 e. The Morgan fingerprint density at radius 1 is 1.42 bits per heavy atom. The van der Waals surface area contributed by atoms with Crippen LogP contribution in [0.3, 0.4) is 0 Å². The molecule has 3 atom stereocenters. The van der Waals surface area contributed by atoms with Gasteiger partial charge in [0.1, 0.15) is 9.52 Å². The molecule has 2 aliphatic rings. The zero-order chi connectivity index (χ0) is 18.3. The van der Waals surface area contributed by atoms with Crippen LogP contribution in [0.4, 0.5) is 5.82 Å². The summed E-state index contributed by atoms with van der Waals surface area (Å²) in [4.78, 5) is 9.69. The molecule has 2 saturated heterocycles. The number of aromatic nitrogens is 3. The molecule has 0 aromatic carbocycles. The highest BCUT2D eigenvalue weighted by Gasteiger charge is 2.38. The van der Waals surface area contributed by atoms with Crippen LogP contribution in [-0.4, -0.2) is 72.7 Å². The molecule has 0 radical (unpaired) electrons. The minimum Gasteiger partial charge on any atom is -0.383 e. The average Bonchev–Trinajstić information content (AvgIpc) is 3.14.